The van der Waals surface area contributed by atoms with Crippen molar-refractivity contribution in [2.24, 2.45) is 5.73 Å². The molecule has 1 rings (SSSR count). The zero-order valence-electron chi connectivity index (χ0n) is 11.6. The van der Waals surface area contributed by atoms with E-state index in [1.54, 1.807) is 14.2 Å². The SMILES string of the molecule is COCCN(CCOC)c1ccc([C@H](C)N)cc1. The van der Waals surface area contributed by atoms with Crippen LogP contribution >= 0.6 is 0 Å². The van der Waals surface area contributed by atoms with Gasteiger partial charge >= 0.3 is 0 Å². The summed E-state index contributed by atoms with van der Waals surface area (Å²) < 4.78 is 10.3. The Bertz CT molecular complexity index is 317. The lowest BCUT2D eigenvalue weighted by molar-refractivity contribution is 0.190. The van der Waals surface area contributed by atoms with Gasteiger partial charge in [-0.3, -0.25) is 0 Å². The Morgan fingerprint density at radius 3 is 1.94 bits per heavy atom. The highest BCUT2D eigenvalue weighted by molar-refractivity contribution is 5.48. The van der Waals surface area contributed by atoms with E-state index < -0.39 is 0 Å². The van der Waals surface area contributed by atoms with Gasteiger partial charge in [0.1, 0.15) is 0 Å². The van der Waals surface area contributed by atoms with Crippen molar-refractivity contribution >= 4 is 5.69 Å². The Kier molecular flexibility index (Phi) is 6.72. The van der Waals surface area contributed by atoms with Gasteiger partial charge < -0.3 is 20.1 Å². The van der Waals surface area contributed by atoms with Crippen molar-refractivity contribution in [3.8, 4) is 0 Å². The molecule has 0 spiro atoms. The maximum Gasteiger partial charge on any atom is 0.0637 e. The predicted octanol–water partition coefficient (Wildman–Crippen LogP) is 1.81. The monoisotopic (exact) mass is 252 g/mol. The van der Waals surface area contributed by atoms with Crippen molar-refractivity contribution in [2.75, 3.05) is 45.4 Å². The molecule has 0 aliphatic carbocycles. The quantitative estimate of drug-likeness (QED) is 0.766. The zero-order chi connectivity index (χ0) is 13.4. The van der Waals surface area contributed by atoms with Crippen LogP contribution in [0.2, 0.25) is 0 Å². The van der Waals surface area contributed by atoms with Gasteiger partial charge in [-0.15, -0.1) is 0 Å². The van der Waals surface area contributed by atoms with E-state index >= 15 is 0 Å². The first kappa shape index (κ1) is 15.0. The van der Waals surface area contributed by atoms with E-state index in [0.717, 1.165) is 18.7 Å². The molecule has 0 fully saturated rings. The molecule has 0 saturated carbocycles. The highest BCUT2D eigenvalue weighted by Crippen LogP contribution is 2.17. The van der Waals surface area contributed by atoms with Crippen LogP contribution in [0.15, 0.2) is 24.3 Å². The van der Waals surface area contributed by atoms with Crippen molar-refractivity contribution in [1.29, 1.82) is 0 Å². The van der Waals surface area contributed by atoms with E-state index in [4.69, 9.17) is 15.2 Å². The number of benzene rings is 1. The van der Waals surface area contributed by atoms with Gasteiger partial charge in [0.15, 0.2) is 0 Å². The summed E-state index contributed by atoms with van der Waals surface area (Å²) in [6.07, 6.45) is 0. The van der Waals surface area contributed by atoms with Crippen LogP contribution in [0.3, 0.4) is 0 Å². The topological polar surface area (TPSA) is 47.7 Å². The first-order valence-corrected chi connectivity index (χ1v) is 6.27. The summed E-state index contributed by atoms with van der Waals surface area (Å²) in [5, 5.41) is 0. The number of hydrogen-bond donors (Lipinski definition) is 1. The number of hydrogen-bond acceptors (Lipinski definition) is 4. The minimum absolute atomic E-state index is 0.0745. The lowest BCUT2D eigenvalue weighted by atomic mass is 10.1. The first-order valence-electron chi connectivity index (χ1n) is 6.27. The minimum atomic E-state index is 0.0745. The lowest BCUT2D eigenvalue weighted by Gasteiger charge is -2.24. The Hall–Kier alpha value is -1.10. The standard InChI is InChI=1S/C14H24N2O2/c1-12(15)13-4-6-14(7-5-13)16(8-10-17-2)9-11-18-3/h4-7,12H,8-11,15H2,1-3H3/t12-/m0/s1. The van der Waals surface area contributed by atoms with Crippen molar-refractivity contribution in [3.05, 3.63) is 29.8 Å². The summed E-state index contributed by atoms with van der Waals surface area (Å²) in [4.78, 5) is 2.25. The molecular formula is C14H24N2O2. The van der Waals surface area contributed by atoms with Gasteiger partial charge in [0.2, 0.25) is 0 Å². The van der Waals surface area contributed by atoms with Gasteiger partial charge in [-0.2, -0.15) is 0 Å². The van der Waals surface area contributed by atoms with Crippen LogP contribution in [-0.4, -0.2) is 40.5 Å². The summed E-state index contributed by atoms with van der Waals surface area (Å²) in [7, 11) is 3.43. The highest BCUT2D eigenvalue weighted by Gasteiger charge is 2.07. The van der Waals surface area contributed by atoms with Crippen LogP contribution in [0, 0.1) is 0 Å². The number of nitrogens with zero attached hydrogens (tertiary/aromatic N) is 1. The van der Waals surface area contributed by atoms with E-state index in [-0.39, 0.29) is 6.04 Å². The number of methoxy groups -OCH3 is 2. The Labute approximate surface area is 110 Å². The molecule has 1 aromatic carbocycles. The molecule has 102 valence electrons. The van der Waals surface area contributed by atoms with Gasteiger partial charge in [-0.05, 0) is 24.6 Å². The van der Waals surface area contributed by atoms with Gasteiger partial charge in [-0.25, -0.2) is 0 Å². The van der Waals surface area contributed by atoms with Crippen molar-refractivity contribution in [3.63, 3.8) is 0 Å². The molecule has 0 radical (unpaired) electrons. The molecule has 0 saturated heterocycles. The second-order valence-corrected chi connectivity index (χ2v) is 4.35. The normalized spacial score (nSPS) is 12.4. The van der Waals surface area contributed by atoms with Gasteiger partial charge in [0.05, 0.1) is 13.2 Å². The Balaban J connectivity index is 2.70. The molecule has 0 amide bonds. The molecule has 0 unspecified atom stereocenters. The van der Waals surface area contributed by atoms with E-state index in [1.807, 2.05) is 6.92 Å². The first-order chi connectivity index (χ1) is 8.69. The summed E-state index contributed by atoms with van der Waals surface area (Å²) in [6.45, 7) is 5.12. The fourth-order valence-electron chi connectivity index (χ4n) is 1.76. The molecule has 0 aliphatic rings. The third-order valence-corrected chi connectivity index (χ3v) is 2.91. The Morgan fingerprint density at radius 2 is 1.56 bits per heavy atom. The molecule has 18 heavy (non-hydrogen) atoms. The molecule has 0 aliphatic heterocycles. The number of rotatable bonds is 8. The molecule has 1 atom stereocenters. The predicted molar refractivity (Wildman–Crippen MR) is 75.0 cm³/mol. The van der Waals surface area contributed by atoms with E-state index in [1.165, 1.54) is 5.69 Å². The average Bonchev–Trinajstić information content (AvgIpc) is 2.39. The van der Waals surface area contributed by atoms with Crippen LogP contribution in [0.4, 0.5) is 5.69 Å². The summed E-state index contributed by atoms with van der Waals surface area (Å²) in [6, 6.07) is 8.43. The molecule has 4 heteroatoms. The van der Waals surface area contributed by atoms with E-state index in [2.05, 4.69) is 29.2 Å². The summed E-state index contributed by atoms with van der Waals surface area (Å²) >= 11 is 0. The smallest absolute Gasteiger partial charge is 0.0637 e. The molecule has 0 bridgehead atoms. The molecule has 4 nitrogen and oxygen atoms in total. The third kappa shape index (κ3) is 4.64. The van der Waals surface area contributed by atoms with Crippen LogP contribution < -0.4 is 10.6 Å². The van der Waals surface area contributed by atoms with Crippen LogP contribution in [0.5, 0.6) is 0 Å². The third-order valence-electron chi connectivity index (χ3n) is 2.91. The second-order valence-electron chi connectivity index (χ2n) is 4.35. The van der Waals surface area contributed by atoms with E-state index in [0.29, 0.717) is 13.2 Å². The second kappa shape index (κ2) is 8.08. The summed E-state index contributed by atoms with van der Waals surface area (Å²) in [5.74, 6) is 0. The van der Waals surface area contributed by atoms with Crippen LogP contribution in [-0.2, 0) is 9.47 Å². The number of nitrogens with two attached hydrogens (primary N) is 1. The van der Waals surface area contributed by atoms with Crippen molar-refractivity contribution < 1.29 is 9.47 Å². The molecule has 1 aromatic rings. The van der Waals surface area contributed by atoms with Gasteiger partial charge in [0.25, 0.3) is 0 Å². The van der Waals surface area contributed by atoms with Gasteiger partial charge in [-0.1, -0.05) is 12.1 Å². The fraction of sp³-hybridized carbons (Fsp3) is 0.571. The van der Waals surface area contributed by atoms with Gasteiger partial charge in [0, 0.05) is 39.0 Å². The van der Waals surface area contributed by atoms with Crippen LogP contribution in [0.25, 0.3) is 0 Å². The molecular weight excluding hydrogens is 228 g/mol. The Morgan fingerprint density at radius 1 is 1.06 bits per heavy atom. The largest absolute Gasteiger partial charge is 0.383 e. The lowest BCUT2D eigenvalue weighted by Crippen LogP contribution is -2.30. The summed E-state index contributed by atoms with van der Waals surface area (Å²) in [5.41, 5.74) is 8.17. The van der Waals surface area contributed by atoms with Crippen molar-refractivity contribution in [2.45, 2.75) is 13.0 Å². The molecule has 0 aromatic heterocycles. The van der Waals surface area contributed by atoms with Crippen LogP contribution in [0.1, 0.15) is 18.5 Å². The number of anilines is 1. The maximum absolute atomic E-state index is 5.85. The zero-order valence-corrected chi connectivity index (χ0v) is 11.6. The van der Waals surface area contributed by atoms with E-state index in [9.17, 15) is 0 Å². The average molecular weight is 252 g/mol. The fourth-order valence-corrected chi connectivity index (χ4v) is 1.76. The highest BCUT2D eigenvalue weighted by atomic mass is 16.5. The molecule has 2 N–H and O–H groups in total. The number of ether oxygens (including phenoxy) is 2. The minimum Gasteiger partial charge on any atom is -0.383 e. The maximum atomic E-state index is 5.85. The molecule has 0 heterocycles. The van der Waals surface area contributed by atoms with Crippen molar-refractivity contribution in [1.82, 2.24) is 0 Å².